The molecule has 2 aromatic rings. The van der Waals surface area contributed by atoms with Gasteiger partial charge in [-0.1, -0.05) is 71.7 Å². The molecule has 3 heteroatoms. The summed E-state index contributed by atoms with van der Waals surface area (Å²) in [6, 6.07) is 16.9. The van der Waals surface area contributed by atoms with Crippen molar-refractivity contribution in [2.24, 2.45) is 5.41 Å². The van der Waals surface area contributed by atoms with E-state index in [2.05, 4.69) is 96.6 Å². The van der Waals surface area contributed by atoms with E-state index in [1.165, 1.54) is 11.1 Å². The number of allylic oxidation sites excluding steroid dienone is 3. The molecule has 1 N–H and O–H groups in total. The molecule has 0 spiro atoms. The summed E-state index contributed by atoms with van der Waals surface area (Å²) < 4.78 is 1.06. The van der Waals surface area contributed by atoms with E-state index in [1.54, 1.807) is 0 Å². The smallest absolute Gasteiger partial charge is 0.162 e. The van der Waals surface area contributed by atoms with Crippen LogP contribution >= 0.6 is 15.9 Å². The molecule has 2 aliphatic rings. The minimum Gasteiger partial charge on any atom is -0.358 e. The normalized spacial score (nSPS) is 21.4. The lowest BCUT2D eigenvalue weighted by atomic mass is 9.70. The quantitative estimate of drug-likeness (QED) is 0.631. The molecule has 1 heterocycles. The van der Waals surface area contributed by atoms with Crippen molar-refractivity contribution in [3.8, 4) is 0 Å². The summed E-state index contributed by atoms with van der Waals surface area (Å²) >= 11 is 3.51. The molecule has 0 saturated heterocycles. The molecule has 27 heavy (non-hydrogen) atoms. The van der Waals surface area contributed by atoms with Crippen LogP contribution in [0.5, 0.6) is 0 Å². The summed E-state index contributed by atoms with van der Waals surface area (Å²) in [5.41, 5.74) is 6.65. The van der Waals surface area contributed by atoms with E-state index >= 15 is 0 Å². The van der Waals surface area contributed by atoms with E-state index in [0.717, 1.165) is 33.4 Å². The predicted molar refractivity (Wildman–Crippen MR) is 114 cm³/mol. The van der Waals surface area contributed by atoms with Gasteiger partial charge in [0.1, 0.15) is 0 Å². The van der Waals surface area contributed by atoms with Crippen LogP contribution in [-0.2, 0) is 4.79 Å². The lowest BCUT2D eigenvalue weighted by Crippen LogP contribution is -2.35. The second-order valence-electron chi connectivity index (χ2n) is 8.43. The van der Waals surface area contributed by atoms with Crippen LogP contribution in [0.3, 0.4) is 0 Å². The molecular weight excluding hydrogens is 398 g/mol. The number of rotatable bonds is 2. The van der Waals surface area contributed by atoms with Gasteiger partial charge in [0.15, 0.2) is 5.78 Å². The van der Waals surface area contributed by atoms with E-state index in [1.807, 2.05) is 0 Å². The van der Waals surface area contributed by atoms with E-state index in [9.17, 15) is 4.79 Å². The highest BCUT2D eigenvalue weighted by Crippen LogP contribution is 2.44. The highest BCUT2D eigenvalue weighted by molar-refractivity contribution is 9.10. The van der Waals surface area contributed by atoms with E-state index in [0.29, 0.717) is 6.42 Å². The Morgan fingerprint density at radius 2 is 1.67 bits per heavy atom. The number of halogens is 1. The fourth-order valence-electron chi connectivity index (χ4n) is 4.10. The summed E-state index contributed by atoms with van der Waals surface area (Å²) in [5, 5.41) is 3.59. The Kier molecular flexibility index (Phi) is 4.59. The second-order valence-corrected chi connectivity index (χ2v) is 9.35. The zero-order valence-electron chi connectivity index (χ0n) is 16.0. The lowest BCUT2D eigenvalue weighted by Gasteiger charge is -2.38. The van der Waals surface area contributed by atoms with Crippen LogP contribution in [0.1, 0.15) is 49.3 Å². The summed E-state index contributed by atoms with van der Waals surface area (Å²) in [5.74, 6) is 0.273. The van der Waals surface area contributed by atoms with Crippen molar-refractivity contribution in [1.82, 2.24) is 5.32 Å². The van der Waals surface area contributed by atoms with Gasteiger partial charge < -0.3 is 5.32 Å². The van der Waals surface area contributed by atoms with Gasteiger partial charge in [0.05, 0.1) is 0 Å². The van der Waals surface area contributed by atoms with Crippen LogP contribution in [0.25, 0.3) is 5.70 Å². The number of Topliss-reactive ketones (excluding diaryl/α,β-unsaturated/α-hetero) is 1. The van der Waals surface area contributed by atoms with Gasteiger partial charge in [-0.15, -0.1) is 0 Å². The Hall–Kier alpha value is -2.13. The van der Waals surface area contributed by atoms with Crippen molar-refractivity contribution in [3.05, 3.63) is 87.0 Å². The van der Waals surface area contributed by atoms with Gasteiger partial charge in [-0.3, -0.25) is 4.79 Å². The van der Waals surface area contributed by atoms with Crippen LogP contribution in [-0.4, -0.2) is 5.78 Å². The monoisotopic (exact) mass is 421 g/mol. The van der Waals surface area contributed by atoms with Crippen LogP contribution in [0.4, 0.5) is 0 Å². The summed E-state index contributed by atoms with van der Waals surface area (Å²) in [6.07, 6.45) is 3.71. The van der Waals surface area contributed by atoms with Crippen molar-refractivity contribution in [1.29, 1.82) is 0 Å². The third kappa shape index (κ3) is 3.66. The number of carbonyl (C=O) groups excluding carboxylic acids is 1. The first-order valence-electron chi connectivity index (χ1n) is 9.40. The average Bonchev–Trinajstić information content (AvgIpc) is 2.61. The van der Waals surface area contributed by atoms with Gasteiger partial charge in [0.2, 0.25) is 0 Å². The van der Waals surface area contributed by atoms with Gasteiger partial charge in [-0.2, -0.15) is 0 Å². The molecule has 1 aliphatic carbocycles. The van der Waals surface area contributed by atoms with Crippen molar-refractivity contribution in [2.45, 2.75) is 39.5 Å². The molecule has 0 amide bonds. The standard InChI is InChI=1S/C24H24BrNO/c1-15-4-6-16(7-5-15)19-12-20(17-8-10-18(25)11-9-17)26-21-13-24(2,3)14-22(27)23(19)21/h4-12,19,26H,13-14H2,1-3H3. The maximum Gasteiger partial charge on any atom is 0.162 e. The third-order valence-corrected chi connectivity index (χ3v) is 5.97. The zero-order chi connectivity index (χ0) is 19.2. The van der Waals surface area contributed by atoms with Crippen LogP contribution in [0.15, 0.2) is 70.3 Å². The number of aryl methyl sites for hydroxylation is 1. The van der Waals surface area contributed by atoms with Crippen molar-refractivity contribution in [3.63, 3.8) is 0 Å². The predicted octanol–water partition coefficient (Wildman–Crippen LogP) is 6.13. The number of ketones is 1. The maximum atomic E-state index is 13.0. The SMILES string of the molecule is Cc1ccc(C2C=C(c3ccc(Br)cc3)NC3=C2C(=O)CC(C)(C)C3)cc1. The molecule has 1 unspecified atom stereocenters. The van der Waals surface area contributed by atoms with Crippen molar-refractivity contribution in [2.75, 3.05) is 0 Å². The summed E-state index contributed by atoms with van der Waals surface area (Å²) in [4.78, 5) is 13.0. The van der Waals surface area contributed by atoms with Crippen molar-refractivity contribution < 1.29 is 4.79 Å². The number of carbonyl (C=O) groups is 1. The average molecular weight is 422 g/mol. The highest BCUT2D eigenvalue weighted by atomic mass is 79.9. The first-order valence-corrected chi connectivity index (χ1v) is 10.2. The highest BCUT2D eigenvalue weighted by Gasteiger charge is 2.38. The number of hydrogen-bond acceptors (Lipinski definition) is 2. The molecule has 0 bridgehead atoms. The number of dihydropyridines is 1. The van der Waals surface area contributed by atoms with Crippen LogP contribution in [0, 0.1) is 12.3 Å². The van der Waals surface area contributed by atoms with Gasteiger partial charge in [-0.05, 0) is 48.1 Å². The van der Waals surface area contributed by atoms with E-state index in [4.69, 9.17) is 0 Å². The van der Waals surface area contributed by atoms with E-state index < -0.39 is 0 Å². The Balaban J connectivity index is 1.83. The van der Waals surface area contributed by atoms with Gasteiger partial charge >= 0.3 is 0 Å². The van der Waals surface area contributed by atoms with Crippen LogP contribution in [0.2, 0.25) is 0 Å². The number of nitrogens with one attached hydrogen (secondary N) is 1. The molecule has 0 saturated carbocycles. The maximum absolute atomic E-state index is 13.0. The zero-order valence-corrected chi connectivity index (χ0v) is 17.6. The lowest BCUT2D eigenvalue weighted by molar-refractivity contribution is -0.118. The van der Waals surface area contributed by atoms with Gasteiger partial charge in [0.25, 0.3) is 0 Å². The minimum atomic E-state index is -0.0110. The van der Waals surface area contributed by atoms with E-state index in [-0.39, 0.29) is 17.1 Å². The third-order valence-electron chi connectivity index (χ3n) is 5.44. The molecule has 4 rings (SSSR count). The largest absolute Gasteiger partial charge is 0.358 e. The van der Waals surface area contributed by atoms with Gasteiger partial charge in [0, 0.05) is 33.8 Å². The number of benzene rings is 2. The molecule has 0 aromatic heterocycles. The first kappa shape index (κ1) is 18.2. The molecule has 0 radical (unpaired) electrons. The van der Waals surface area contributed by atoms with Crippen LogP contribution < -0.4 is 5.32 Å². The Bertz CT molecular complexity index is 949. The first-order chi connectivity index (χ1) is 12.8. The Morgan fingerprint density at radius 3 is 2.33 bits per heavy atom. The topological polar surface area (TPSA) is 29.1 Å². The fraction of sp³-hybridized carbons (Fsp3) is 0.292. The molecular formula is C24H24BrNO. The fourth-order valence-corrected chi connectivity index (χ4v) is 4.36. The molecule has 1 aliphatic heterocycles. The molecule has 2 aromatic carbocycles. The minimum absolute atomic E-state index is 0.00379. The molecule has 2 nitrogen and oxygen atoms in total. The second kappa shape index (κ2) is 6.79. The molecule has 0 fully saturated rings. The summed E-state index contributed by atoms with van der Waals surface area (Å²) in [7, 11) is 0. The van der Waals surface area contributed by atoms with Gasteiger partial charge in [-0.25, -0.2) is 0 Å². The summed E-state index contributed by atoms with van der Waals surface area (Å²) in [6.45, 7) is 6.44. The molecule has 1 atom stereocenters. The molecule has 138 valence electrons. The number of hydrogen-bond donors (Lipinski definition) is 1. The Labute approximate surface area is 169 Å². The Morgan fingerprint density at radius 1 is 1.00 bits per heavy atom. The van der Waals surface area contributed by atoms with Crippen molar-refractivity contribution >= 4 is 27.4 Å².